The monoisotopic (exact) mass is 299 g/mol. The molecule has 22 heavy (non-hydrogen) atoms. The van der Waals surface area contributed by atoms with Gasteiger partial charge in [0.25, 0.3) is 0 Å². The minimum Gasteiger partial charge on any atom is -0.507 e. The lowest BCUT2D eigenvalue weighted by Gasteiger charge is -2.20. The maximum absolute atomic E-state index is 10.1. The molecule has 0 radical (unpaired) electrons. The maximum Gasteiger partial charge on any atom is 0.124 e. The van der Waals surface area contributed by atoms with Gasteiger partial charge in [-0.05, 0) is 36.5 Å². The van der Waals surface area contributed by atoms with Crippen molar-refractivity contribution in [2.75, 3.05) is 0 Å². The number of phenols is 1. The van der Waals surface area contributed by atoms with Crippen LogP contribution < -0.4 is 10.5 Å². The van der Waals surface area contributed by atoms with E-state index in [4.69, 9.17) is 10.5 Å². The molecule has 0 bridgehead atoms. The highest BCUT2D eigenvalue weighted by atomic mass is 16.5. The summed E-state index contributed by atoms with van der Waals surface area (Å²) in [6.45, 7) is 0.441. The van der Waals surface area contributed by atoms with Crippen LogP contribution in [0.3, 0.4) is 0 Å². The smallest absolute Gasteiger partial charge is 0.124 e. The number of aliphatic hydroxyl groups excluding tert-OH is 1. The fourth-order valence-electron chi connectivity index (χ4n) is 2.55. The van der Waals surface area contributed by atoms with Gasteiger partial charge in [-0.3, -0.25) is 0 Å². The van der Waals surface area contributed by atoms with Gasteiger partial charge in [0.1, 0.15) is 18.1 Å². The van der Waals surface area contributed by atoms with Crippen LogP contribution in [0.4, 0.5) is 0 Å². The van der Waals surface area contributed by atoms with E-state index < -0.39 is 12.1 Å². The molecule has 0 aromatic heterocycles. The number of rotatable bonds is 6. The molecule has 4 N–H and O–H groups in total. The SMILES string of the molecule is N[C@@H](c1ccc(OCc2ccccc2)cc1O)[C@H](O)C1CC1. The van der Waals surface area contributed by atoms with Crippen LogP contribution in [-0.4, -0.2) is 16.3 Å². The molecule has 0 saturated heterocycles. The second kappa shape index (κ2) is 6.38. The normalized spacial score (nSPS) is 17.0. The molecular weight excluding hydrogens is 278 g/mol. The Morgan fingerprint density at radius 2 is 1.86 bits per heavy atom. The summed E-state index contributed by atoms with van der Waals surface area (Å²) in [6.07, 6.45) is 1.42. The molecule has 4 nitrogen and oxygen atoms in total. The Kier molecular flexibility index (Phi) is 4.32. The van der Waals surface area contributed by atoms with Crippen molar-refractivity contribution in [1.29, 1.82) is 0 Å². The Balaban J connectivity index is 1.66. The highest BCUT2D eigenvalue weighted by molar-refractivity contribution is 5.42. The largest absolute Gasteiger partial charge is 0.507 e. The van der Waals surface area contributed by atoms with Gasteiger partial charge in [-0.25, -0.2) is 0 Å². The number of phenolic OH excluding ortho intramolecular Hbond substituents is 1. The third kappa shape index (κ3) is 3.40. The Morgan fingerprint density at radius 1 is 1.14 bits per heavy atom. The van der Waals surface area contributed by atoms with Gasteiger partial charge in [-0.1, -0.05) is 30.3 Å². The Labute approximate surface area is 130 Å². The van der Waals surface area contributed by atoms with Crippen LogP contribution in [0, 0.1) is 5.92 Å². The van der Waals surface area contributed by atoms with Crippen molar-refractivity contribution in [1.82, 2.24) is 0 Å². The molecule has 3 rings (SSSR count). The zero-order valence-corrected chi connectivity index (χ0v) is 12.4. The second-order valence-electron chi connectivity index (χ2n) is 5.85. The summed E-state index contributed by atoms with van der Waals surface area (Å²) in [5.74, 6) is 0.916. The lowest BCUT2D eigenvalue weighted by atomic mass is 9.98. The molecule has 1 fully saturated rings. The zero-order valence-electron chi connectivity index (χ0n) is 12.4. The maximum atomic E-state index is 10.1. The highest BCUT2D eigenvalue weighted by Crippen LogP contribution is 2.39. The summed E-state index contributed by atoms with van der Waals surface area (Å²) >= 11 is 0. The van der Waals surface area contributed by atoms with Crippen LogP contribution in [0.25, 0.3) is 0 Å². The standard InChI is InChI=1S/C18H21NO3/c19-17(18(21)13-6-7-13)15-9-8-14(10-16(15)20)22-11-12-4-2-1-3-5-12/h1-5,8-10,13,17-18,20-21H,6-7,11,19H2/t17-,18+/m0/s1. The number of aliphatic hydroxyl groups is 1. The Hall–Kier alpha value is -2.04. The van der Waals surface area contributed by atoms with Crippen LogP contribution in [0.5, 0.6) is 11.5 Å². The molecule has 1 aliphatic carbocycles. The summed E-state index contributed by atoms with van der Waals surface area (Å²) in [5.41, 5.74) is 7.67. The third-order valence-corrected chi connectivity index (χ3v) is 4.08. The Morgan fingerprint density at radius 3 is 2.50 bits per heavy atom. The van der Waals surface area contributed by atoms with Crippen molar-refractivity contribution >= 4 is 0 Å². The number of hydrogen-bond acceptors (Lipinski definition) is 4. The molecule has 1 saturated carbocycles. The van der Waals surface area contributed by atoms with Crippen molar-refractivity contribution in [3.05, 3.63) is 59.7 Å². The van der Waals surface area contributed by atoms with Crippen LogP contribution in [-0.2, 0) is 6.61 Å². The van der Waals surface area contributed by atoms with Gasteiger partial charge >= 0.3 is 0 Å². The molecular formula is C18H21NO3. The van der Waals surface area contributed by atoms with Gasteiger partial charge < -0.3 is 20.7 Å². The van der Waals surface area contributed by atoms with Gasteiger partial charge in [0.05, 0.1) is 12.1 Å². The molecule has 2 aromatic rings. The summed E-state index contributed by atoms with van der Waals surface area (Å²) in [4.78, 5) is 0. The molecule has 116 valence electrons. The Bertz CT molecular complexity index is 625. The van der Waals surface area contributed by atoms with Crippen LogP contribution in [0.2, 0.25) is 0 Å². The molecule has 2 aromatic carbocycles. The van der Waals surface area contributed by atoms with Crippen molar-refractivity contribution in [3.8, 4) is 11.5 Å². The first-order valence-corrected chi connectivity index (χ1v) is 7.58. The molecule has 0 heterocycles. The van der Waals surface area contributed by atoms with E-state index in [-0.39, 0.29) is 11.7 Å². The van der Waals surface area contributed by atoms with E-state index in [1.54, 1.807) is 18.2 Å². The van der Waals surface area contributed by atoms with Gasteiger partial charge in [0, 0.05) is 11.6 Å². The highest BCUT2D eigenvalue weighted by Gasteiger charge is 2.35. The average Bonchev–Trinajstić information content (AvgIpc) is 3.37. The van der Waals surface area contributed by atoms with E-state index in [1.807, 2.05) is 30.3 Å². The molecule has 0 amide bonds. The number of ether oxygens (including phenoxy) is 1. The number of benzene rings is 2. The first kappa shape index (κ1) is 14.9. The summed E-state index contributed by atoms with van der Waals surface area (Å²) in [6, 6.07) is 14.3. The van der Waals surface area contributed by atoms with Crippen molar-refractivity contribution in [2.45, 2.75) is 31.6 Å². The van der Waals surface area contributed by atoms with E-state index in [9.17, 15) is 10.2 Å². The van der Waals surface area contributed by atoms with Crippen LogP contribution in [0.1, 0.15) is 30.0 Å². The van der Waals surface area contributed by atoms with Crippen molar-refractivity contribution in [3.63, 3.8) is 0 Å². The summed E-state index contributed by atoms with van der Waals surface area (Å²) in [7, 11) is 0. The van der Waals surface area contributed by atoms with Crippen molar-refractivity contribution in [2.24, 2.45) is 11.7 Å². The van der Waals surface area contributed by atoms with E-state index >= 15 is 0 Å². The first-order valence-electron chi connectivity index (χ1n) is 7.58. The fourth-order valence-corrected chi connectivity index (χ4v) is 2.55. The lowest BCUT2D eigenvalue weighted by molar-refractivity contribution is 0.121. The van der Waals surface area contributed by atoms with E-state index in [1.165, 1.54) is 0 Å². The first-order chi connectivity index (χ1) is 10.6. The summed E-state index contributed by atoms with van der Waals surface area (Å²) in [5, 5.41) is 20.2. The minimum atomic E-state index is -0.595. The van der Waals surface area contributed by atoms with E-state index in [2.05, 4.69) is 0 Å². The molecule has 0 unspecified atom stereocenters. The number of aromatic hydroxyl groups is 1. The minimum absolute atomic E-state index is 0.0674. The van der Waals surface area contributed by atoms with Gasteiger partial charge in [0.2, 0.25) is 0 Å². The zero-order chi connectivity index (χ0) is 15.5. The molecule has 4 heteroatoms. The lowest BCUT2D eigenvalue weighted by Crippen LogP contribution is -2.27. The average molecular weight is 299 g/mol. The van der Waals surface area contributed by atoms with Crippen LogP contribution in [0.15, 0.2) is 48.5 Å². The summed E-state index contributed by atoms with van der Waals surface area (Å²) < 4.78 is 5.66. The topological polar surface area (TPSA) is 75.7 Å². The molecule has 0 spiro atoms. The van der Waals surface area contributed by atoms with Gasteiger partial charge in [0.15, 0.2) is 0 Å². The van der Waals surface area contributed by atoms with Crippen LogP contribution >= 0.6 is 0 Å². The predicted octanol–water partition coefficient (Wildman–Crippen LogP) is 2.74. The fraction of sp³-hybridized carbons (Fsp3) is 0.333. The molecule has 1 aliphatic rings. The number of hydrogen-bond donors (Lipinski definition) is 3. The molecule has 2 atom stereocenters. The quantitative estimate of drug-likeness (QED) is 0.766. The molecule has 0 aliphatic heterocycles. The third-order valence-electron chi connectivity index (χ3n) is 4.08. The van der Waals surface area contributed by atoms with Crippen molar-refractivity contribution < 1.29 is 14.9 Å². The second-order valence-corrected chi connectivity index (χ2v) is 5.85. The van der Waals surface area contributed by atoms with E-state index in [0.717, 1.165) is 18.4 Å². The van der Waals surface area contributed by atoms with E-state index in [0.29, 0.717) is 17.9 Å². The predicted molar refractivity (Wildman–Crippen MR) is 84.5 cm³/mol. The number of nitrogens with two attached hydrogens (primary N) is 1. The van der Waals surface area contributed by atoms with Gasteiger partial charge in [-0.15, -0.1) is 0 Å². The van der Waals surface area contributed by atoms with Gasteiger partial charge in [-0.2, -0.15) is 0 Å².